The molecule has 13 rings (SSSR count). The molecule has 72 heavy (non-hydrogen) atoms. The number of aromatic nitrogens is 1. The molecule has 2 heteroatoms. The lowest BCUT2D eigenvalue weighted by Crippen LogP contribution is -2.10. The van der Waals surface area contributed by atoms with Gasteiger partial charge < -0.3 is 9.47 Å². The number of para-hydroxylation sites is 1. The van der Waals surface area contributed by atoms with E-state index in [2.05, 4.69) is 301 Å². The summed E-state index contributed by atoms with van der Waals surface area (Å²) in [6.07, 6.45) is 0. The van der Waals surface area contributed by atoms with E-state index < -0.39 is 0 Å². The Labute approximate surface area is 420 Å². The summed E-state index contributed by atoms with van der Waals surface area (Å²) in [6, 6.07) is 106. The first-order chi connectivity index (χ1) is 35.7. The molecule has 338 valence electrons. The predicted molar refractivity (Wildman–Crippen MR) is 306 cm³/mol. The van der Waals surface area contributed by atoms with Crippen LogP contribution >= 0.6 is 0 Å². The van der Waals surface area contributed by atoms with Crippen molar-refractivity contribution in [2.24, 2.45) is 0 Å². The number of nitrogens with zero attached hydrogens (tertiary/aromatic N) is 2. The summed E-state index contributed by atoms with van der Waals surface area (Å²) in [4.78, 5) is 2.40. The molecule has 0 saturated heterocycles. The van der Waals surface area contributed by atoms with Crippen molar-refractivity contribution in [3.63, 3.8) is 0 Å². The van der Waals surface area contributed by atoms with Crippen LogP contribution in [0.2, 0.25) is 0 Å². The molecular formula is C70H48N2. The van der Waals surface area contributed by atoms with Crippen LogP contribution in [0.5, 0.6) is 0 Å². The quantitative estimate of drug-likeness (QED) is 0.133. The minimum Gasteiger partial charge on any atom is -0.310 e. The van der Waals surface area contributed by atoms with Crippen molar-refractivity contribution in [2.45, 2.75) is 0 Å². The third-order valence-electron chi connectivity index (χ3n) is 14.1. The summed E-state index contributed by atoms with van der Waals surface area (Å²) in [5.74, 6) is 0. The third-order valence-corrected chi connectivity index (χ3v) is 14.1. The van der Waals surface area contributed by atoms with Crippen LogP contribution in [0.25, 0.3) is 105 Å². The first-order valence-electron chi connectivity index (χ1n) is 24.7. The molecule has 0 spiro atoms. The van der Waals surface area contributed by atoms with Gasteiger partial charge in [-0.15, -0.1) is 0 Å². The lowest BCUT2D eigenvalue weighted by molar-refractivity contribution is 1.18. The molecule has 0 radical (unpaired) electrons. The highest BCUT2D eigenvalue weighted by atomic mass is 15.1. The van der Waals surface area contributed by atoms with Gasteiger partial charge in [-0.25, -0.2) is 0 Å². The Morgan fingerprint density at radius 1 is 0.236 bits per heavy atom. The van der Waals surface area contributed by atoms with E-state index in [1.807, 2.05) is 0 Å². The number of fused-ring (bicyclic) bond motifs is 4. The van der Waals surface area contributed by atoms with Crippen LogP contribution in [0, 0.1) is 0 Å². The van der Waals surface area contributed by atoms with Gasteiger partial charge in [-0.2, -0.15) is 0 Å². The fraction of sp³-hybridized carbons (Fsp3) is 0. The molecule has 0 aliphatic rings. The van der Waals surface area contributed by atoms with E-state index in [1.165, 1.54) is 88.2 Å². The molecule has 13 aromatic rings. The molecule has 1 aromatic heterocycles. The SMILES string of the molecule is c1ccc(-c2ccc(-c3ccc(N(c4ccc(-c5cc(-c6ccccc6)cc(-c6ccccc6)c5)cc4)c4cccc(-c5cccc6c5c5cc7ccccc7cc5n6-c5ccccc5)c4)cc3)cc2)cc1. The lowest BCUT2D eigenvalue weighted by Gasteiger charge is -2.26. The topological polar surface area (TPSA) is 8.17 Å². The van der Waals surface area contributed by atoms with Crippen molar-refractivity contribution < 1.29 is 0 Å². The molecule has 0 saturated carbocycles. The van der Waals surface area contributed by atoms with Gasteiger partial charge in [0.25, 0.3) is 0 Å². The summed E-state index contributed by atoms with van der Waals surface area (Å²) in [5, 5.41) is 4.94. The Morgan fingerprint density at radius 2 is 0.639 bits per heavy atom. The zero-order valence-electron chi connectivity index (χ0n) is 39.6. The van der Waals surface area contributed by atoms with Gasteiger partial charge in [0.05, 0.1) is 11.0 Å². The summed E-state index contributed by atoms with van der Waals surface area (Å²) in [5.41, 5.74) is 21.0. The van der Waals surface area contributed by atoms with Gasteiger partial charge in [-0.1, -0.05) is 206 Å². The van der Waals surface area contributed by atoms with Gasteiger partial charge in [-0.05, 0) is 162 Å². The van der Waals surface area contributed by atoms with E-state index >= 15 is 0 Å². The van der Waals surface area contributed by atoms with Gasteiger partial charge in [0.1, 0.15) is 0 Å². The first kappa shape index (κ1) is 42.6. The van der Waals surface area contributed by atoms with Crippen LogP contribution in [0.4, 0.5) is 17.1 Å². The van der Waals surface area contributed by atoms with Gasteiger partial charge in [0.15, 0.2) is 0 Å². The molecule has 12 aromatic carbocycles. The molecule has 0 aliphatic heterocycles. The van der Waals surface area contributed by atoms with E-state index in [0.29, 0.717) is 0 Å². The molecular weight excluding hydrogens is 869 g/mol. The second-order valence-electron chi connectivity index (χ2n) is 18.5. The maximum Gasteiger partial charge on any atom is 0.0547 e. The van der Waals surface area contributed by atoms with Crippen molar-refractivity contribution >= 4 is 49.6 Å². The Kier molecular flexibility index (Phi) is 10.9. The Hall–Kier alpha value is -9.50. The monoisotopic (exact) mass is 916 g/mol. The summed E-state index contributed by atoms with van der Waals surface area (Å²) in [6.45, 7) is 0. The van der Waals surface area contributed by atoms with Crippen molar-refractivity contribution in [1.82, 2.24) is 4.57 Å². The predicted octanol–water partition coefficient (Wildman–Crippen LogP) is 19.4. The van der Waals surface area contributed by atoms with E-state index in [4.69, 9.17) is 0 Å². The number of benzene rings is 12. The standard InChI is InChI=1S/C70H48N2/c1-5-17-49(18-6-1)52-31-33-53(34-32-52)54-35-39-63(40-36-54)71(64-41-37-55(38-42-64)61-44-59(50-19-7-2-8-20-50)43-60(45-61)51-21-9-3-10-22-51)65-28-15-25-58(46-65)66-29-16-30-68-70(66)67-47-56-23-13-14-24-57(56)48-69(67)72(68)62-26-11-4-12-27-62/h1-48H. The Morgan fingerprint density at radius 3 is 1.17 bits per heavy atom. The zero-order valence-corrected chi connectivity index (χ0v) is 39.6. The number of rotatable bonds is 10. The van der Waals surface area contributed by atoms with Gasteiger partial charge in [0, 0.05) is 33.5 Å². The van der Waals surface area contributed by atoms with Crippen LogP contribution < -0.4 is 4.90 Å². The molecule has 1 heterocycles. The average Bonchev–Trinajstić information content (AvgIpc) is 3.79. The summed E-state index contributed by atoms with van der Waals surface area (Å²) >= 11 is 0. The van der Waals surface area contributed by atoms with Crippen LogP contribution in [0.15, 0.2) is 291 Å². The molecule has 0 amide bonds. The normalized spacial score (nSPS) is 11.3. The molecule has 0 atom stereocenters. The highest BCUT2D eigenvalue weighted by molar-refractivity contribution is 6.18. The number of hydrogen-bond acceptors (Lipinski definition) is 1. The number of hydrogen-bond donors (Lipinski definition) is 0. The first-order valence-corrected chi connectivity index (χ1v) is 24.7. The fourth-order valence-electron chi connectivity index (χ4n) is 10.6. The van der Waals surface area contributed by atoms with Crippen LogP contribution in [-0.2, 0) is 0 Å². The fourth-order valence-corrected chi connectivity index (χ4v) is 10.6. The van der Waals surface area contributed by atoms with Gasteiger partial charge in [0.2, 0.25) is 0 Å². The van der Waals surface area contributed by atoms with Crippen LogP contribution in [0.3, 0.4) is 0 Å². The highest BCUT2D eigenvalue weighted by Crippen LogP contribution is 2.44. The van der Waals surface area contributed by atoms with E-state index in [1.54, 1.807) is 0 Å². The molecule has 0 aliphatic carbocycles. The second kappa shape index (κ2) is 18.4. The van der Waals surface area contributed by atoms with Gasteiger partial charge >= 0.3 is 0 Å². The molecule has 0 fully saturated rings. The lowest BCUT2D eigenvalue weighted by atomic mass is 9.93. The van der Waals surface area contributed by atoms with E-state index in [-0.39, 0.29) is 0 Å². The Bertz CT molecular complexity index is 3970. The maximum atomic E-state index is 2.42. The maximum absolute atomic E-state index is 2.42. The molecule has 2 nitrogen and oxygen atoms in total. The van der Waals surface area contributed by atoms with E-state index in [9.17, 15) is 0 Å². The summed E-state index contributed by atoms with van der Waals surface area (Å²) in [7, 11) is 0. The van der Waals surface area contributed by atoms with Crippen molar-refractivity contribution in [1.29, 1.82) is 0 Å². The van der Waals surface area contributed by atoms with Crippen LogP contribution in [0.1, 0.15) is 0 Å². The highest BCUT2D eigenvalue weighted by Gasteiger charge is 2.20. The average molecular weight is 917 g/mol. The molecule has 0 bridgehead atoms. The zero-order chi connectivity index (χ0) is 47.8. The smallest absolute Gasteiger partial charge is 0.0547 e. The van der Waals surface area contributed by atoms with Crippen molar-refractivity contribution in [2.75, 3.05) is 4.90 Å². The van der Waals surface area contributed by atoms with Gasteiger partial charge in [-0.3, -0.25) is 0 Å². The van der Waals surface area contributed by atoms with E-state index in [0.717, 1.165) is 33.9 Å². The molecule has 0 N–H and O–H groups in total. The van der Waals surface area contributed by atoms with Crippen molar-refractivity contribution in [3.8, 4) is 72.4 Å². The number of anilines is 3. The Balaban J connectivity index is 0.939. The minimum atomic E-state index is 1.07. The second-order valence-corrected chi connectivity index (χ2v) is 18.5. The third kappa shape index (κ3) is 8.01. The van der Waals surface area contributed by atoms with Crippen molar-refractivity contribution in [3.05, 3.63) is 291 Å². The van der Waals surface area contributed by atoms with Crippen LogP contribution in [-0.4, -0.2) is 4.57 Å². The largest absolute Gasteiger partial charge is 0.310 e. The molecule has 0 unspecified atom stereocenters. The minimum absolute atomic E-state index is 1.07. The summed E-state index contributed by atoms with van der Waals surface area (Å²) < 4.78 is 2.42.